The molecule has 0 saturated carbocycles. The summed E-state index contributed by atoms with van der Waals surface area (Å²) in [5, 5.41) is 27.6. The number of rotatable bonds is 2. The second kappa shape index (κ2) is 7.99. The molecule has 0 saturated heterocycles. The standard InChI is InChI=1S/C8H6O4.CH4O.Cu/c9-7(10)5-3-1-2-4-6(5)8(11)12;1-2;/h1-4H,(H,9,10)(H,11,12);2H,1H3;/q;;+2/p-2. The largest absolute Gasteiger partial charge is 2.00 e. The van der Waals surface area contributed by atoms with Crippen LogP contribution in [0, 0.1) is 0 Å². The average Bonchev–Trinajstić information content (AvgIpc) is 2.20. The molecule has 0 unspecified atom stereocenters. The number of benzene rings is 1. The molecule has 1 aromatic rings. The topological polar surface area (TPSA) is 100 Å². The molecule has 0 amide bonds. The van der Waals surface area contributed by atoms with Crippen molar-refractivity contribution in [3.8, 4) is 0 Å². The van der Waals surface area contributed by atoms with E-state index in [0.29, 0.717) is 0 Å². The molecular formula is C9H8CuO5. The quantitative estimate of drug-likeness (QED) is 0.621. The molecule has 0 heterocycles. The van der Waals surface area contributed by atoms with Crippen molar-refractivity contribution in [2.45, 2.75) is 0 Å². The maximum absolute atomic E-state index is 10.3. The van der Waals surface area contributed by atoms with Gasteiger partial charge in [-0.2, -0.15) is 0 Å². The van der Waals surface area contributed by atoms with Crippen molar-refractivity contribution in [3.05, 3.63) is 35.4 Å². The third kappa shape index (κ3) is 4.60. The van der Waals surface area contributed by atoms with Crippen LogP contribution in [-0.2, 0) is 17.1 Å². The summed E-state index contributed by atoms with van der Waals surface area (Å²) in [4.78, 5) is 20.6. The smallest absolute Gasteiger partial charge is 0.545 e. The van der Waals surface area contributed by atoms with Gasteiger partial charge in [-0.1, -0.05) is 24.3 Å². The number of aromatic carboxylic acids is 2. The van der Waals surface area contributed by atoms with Crippen LogP contribution >= 0.6 is 0 Å². The van der Waals surface area contributed by atoms with Crippen LogP contribution in [0.3, 0.4) is 0 Å². The average molecular weight is 260 g/mol. The molecule has 0 aliphatic heterocycles. The minimum atomic E-state index is -1.52. The molecule has 0 aliphatic rings. The van der Waals surface area contributed by atoms with Crippen molar-refractivity contribution in [3.63, 3.8) is 0 Å². The van der Waals surface area contributed by atoms with E-state index in [1.807, 2.05) is 0 Å². The second-order valence-corrected chi connectivity index (χ2v) is 2.12. The van der Waals surface area contributed by atoms with Gasteiger partial charge in [0.15, 0.2) is 0 Å². The van der Waals surface area contributed by atoms with Crippen molar-refractivity contribution in [2.75, 3.05) is 7.11 Å². The molecule has 15 heavy (non-hydrogen) atoms. The molecule has 0 aliphatic carbocycles. The van der Waals surface area contributed by atoms with Gasteiger partial charge in [-0.05, 0) is 0 Å². The Kier molecular flexibility index (Phi) is 8.57. The van der Waals surface area contributed by atoms with Gasteiger partial charge in [0.2, 0.25) is 0 Å². The van der Waals surface area contributed by atoms with Gasteiger partial charge in [0.05, 0.1) is 11.9 Å². The Labute approximate surface area is 96.8 Å². The predicted octanol–water partition coefficient (Wildman–Crippen LogP) is -1.98. The summed E-state index contributed by atoms with van der Waals surface area (Å²) in [6.07, 6.45) is 0. The van der Waals surface area contributed by atoms with E-state index in [-0.39, 0.29) is 28.2 Å². The summed E-state index contributed by atoms with van der Waals surface area (Å²) in [5.74, 6) is -3.04. The second-order valence-electron chi connectivity index (χ2n) is 2.12. The van der Waals surface area contributed by atoms with Crippen LogP contribution in [0.2, 0.25) is 0 Å². The number of carbonyl (C=O) groups is 2. The van der Waals surface area contributed by atoms with E-state index >= 15 is 0 Å². The zero-order chi connectivity index (χ0) is 11.1. The van der Waals surface area contributed by atoms with Gasteiger partial charge in [0, 0.05) is 18.2 Å². The van der Waals surface area contributed by atoms with E-state index in [1.165, 1.54) is 12.1 Å². The van der Waals surface area contributed by atoms with Gasteiger partial charge in [0.1, 0.15) is 0 Å². The maximum Gasteiger partial charge on any atom is 2.00 e. The first-order valence-electron chi connectivity index (χ1n) is 3.59. The van der Waals surface area contributed by atoms with Gasteiger partial charge in [-0.25, -0.2) is 0 Å². The molecule has 0 fully saturated rings. The number of carboxylic acids is 2. The Morgan fingerprint density at radius 2 is 1.27 bits per heavy atom. The molecule has 1 radical (unpaired) electrons. The van der Waals surface area contributed by atoms with Gasteiger partial charge < -0.3 is 24.9 Å². The number of hydrogen-bond donors (Lipinski definition) is 1. The fraction of sp³-hybridized carbons (Fsp3) is 0.111. The van der Waals surface area contributed by atoms with Crippen molar-refractivity contribution < 1.29 is 42.0 Å². The summed E-state index contributed by atoms with van der Waals surface area (Å²) in [6.45, 7) is 0. The van der Waals surface area contributed by atoms with Gasteiger partial charge in [0.25, 0.3) is 0 Å². The van der Waals surface area contributed by atoms with E-state index in [0.717, 1.165) is 19.2 Å². The monoisotopic (exact) mass is 259 g/mol. The van der Waals surface area contributed by atoms with E-state index in [1.54, 1.807) is 0 Å². The third-order valence-corrected chi connectivity index (χ3v) is 1.37. The summed E-state index contributed by atoms with van der Waals surface area (Å²) in [5.41, 5.74) is -0.727. The molecule has 1 rings (SSSR count). The first kappa shape index (κ1) is 16.1. The van der Waals surface area contributed by atoms with Crippen LogP contribution in [0.4, 0.5) is 0 Å². The van der Waals surface area contributed by atoms with Crippen LogP contribution in [0.15, 0.2) is 24.3 Å². The Balaban J connectivity index is 0. The van der Waals surface area contributed by atoms with Gasteiger partial charge in [-0.15, -0.1) is 0 Å². The Hall–Kier alpha value is -1.36. The first-order valence-corrected chi connectivity index (χ1v) is 3.59. The Bertz CT molecular complexity index is 304. The number of aliphatic hydroxyl groups excluding tert-OH is 1. The summed E-state index contributed by atoms with van der Waals surface area (Å²) in [6, 6.07) is 5.14. The van der Waals surface area contributed by atoms with E-state index in [4.69, 9.17) is 5.11 Å². The Morgan fingerprint density at radius 3 is 1.47 bits per heavy atom. The van der Waals surface area contributed by atoms with Crippen molar-refractivity contribution in [1.29, 1.82) is 0 Å². The van der Waals surface area contributed by atoms with Crippen molar-refractivity contribution >= 4 is 11.9 Å². The van der Waals surface area contributed by atoms with Gasteiger partial charge in [-0.3, -0.25) is 0 Å². The molecule has 0 atom stereocenters. The Morgan fingerprint density at radius 1 is 1.00 bits per heavy atom. The number of hydrogen-bond acceptors (Lipinski definition) is 5. The van der Waals surface area contributed by atoms with Crippen LogP contribution in [0.5, 0.6) is 0 Å². The number of aliphatic hydroxyl groups is 1. The first-order chi connectivity index (χ1) is 6.63. The molecule has 1 N–H and O–H groups in total. The molecule has 0 aromatic heterocycles. The summed E-state index contributed by atoms with van der Waals surface area (Å²) in [7, 11) is 1.00. The van der Waals surface area contributed by atoms with Crippen molar-refractivity contribution in [1.82, 2.24) is 0 Å². The van der Waals surface area contributed by atoms with E-state index in [2.05, 4.69) is 0 Å². The maximum atomic E-state index is 10.3. The zero-order valence-corrected chi connectivity index (χ0v) is 8.63. The fourth-order valence-corrected chi connectivity index (χ4v) is 0.839. The summed E-state index contributed by atoms with van der Waals surface area (Å²) < 4.78 is 0. The zero-order valence-electron chi connectivity index (χ0n) is 7.69. The molecule has 85 valence electrons. The normalized spacial score (nSPS) is 7.87. The summed E-state index contributed by atoms with van der Waals surface area (Å²) >= 11 is 0. The van der Waals surface area contributed by atoms with Crippen LogP contribution < -0.4 is 10.2 Å². The van der Waals surface area contributed by atoms with Crippen LogP contribution in [0.25, 0.3) is 0 Å². The molecule has 0 bridgehead atoms. The predicted molar refractivity (Wildman–Crippen MR) is 43.2 cm³/mol. The van der Waals surface area contributed by atoms with E-state index < -0.39 is 11.9 Å². The molecule has 5 nitrogen and oxygen atoms in total. The fourth-order valence-electron chi connectivity index (χ4n) is 0.839. The van der Waals surface area contributed by atoms with Crippen LogP contribution in [0.1, 0.15) is 20.7 Å². The van der Waals surface area contributed by atoms with E-state index in [9.17, 15) is 19.8 Å². The van der Waals surface area contributed by atoms with Gasteiger partial charge >= 0.3 is 17.1 Å². The minimum Gasteiger partial charge on any atom is -0.545 e. The third-order valence-electron chi connectivity index (χ3n) is 1.37. The SMILES string of the molecule is CO.O=C([O-])c1ccccc1C(=O)[O-].[Cu+2]. The number of carbonyl (C=O) groups excluding carboxylic acids is 2. The molecule has 1 aromatic carbocycles. The van der Waals surface area contributed by atoms with Crippen molar-refractivity contribution in [2.24, 2.45) is 0 Å². The minimum absolute atomic E-state index is 0. The molecular weight excluding hydrogens is 252 g/mol. The molecule has 0 spiro atoms. The van der Waals surface area contributed by atoms with Crippen LogP contribution in [-0.4, -0.2) is 24.2 Å². The molecule has 6 heteroatoms. The number of carboxylic acid groups (broad SMARTS) is 2.